The molecule has 0 radical (unpaired) electrons. The molecule has 1 atom stereocenters. The first kappa shape index (κ1) is 8.21. The number of rotatable bonds is 2. The Bertz CT molecular complexity index is 218. The second-order valence-corrected chi connectivity index (χ2v) is 2.48. The highest BCUT2D eigenvalue weighted by molar-refractivity contribution is 5.19. The van der Waals surface area contributed by atoms with Crippen LogP contribution in [0.1, 0.15) is 18.9 Å². The SMILES string of the molecule is CCC(O)(F)c1ccccc1. The lowest BCUT2D eigenvalue weighted by Crippen LogP contribution is -2.17. The molecule has 1 aromatic rings. The second-order valence-electron chi connectivity index (χ2n) is 2.48. The molecule has 11 heavy (non-hydrogen) atoms. The highest BCUT2D eigenvalue weighted by Crippen LogP contribution is 2.25. The van der Waals surface area contributed by atoms with Crippen molar-refractivity contribution < 1.29 is 9.50 Å². The van der Waals surface area contributed by atoms with Gasteiger partial charge < -0.3 is 5.11 Å². The molecule has 0 heterocycles. The largest absolute Gasteiger partial charge is 0.358 e. The van der Waals surface area contributed by atoms with Crippen LogP contribution in [-0.4, -0.2) is 5.11 Å². The molecule has 1 unspecified atom stereocenters. The van der Waals surface area contributed by atoms with E-state index in [0.29, 0.717) is 5.56 Å². The highest BCUT2D eigenvalue weighted by atomic mass is 19.2. The molecule has 1 N–H and O–H groups in total. The average molecular weight is 154 g/mol. The maximum atomic E-state index is 13.1. The monoisotopic (exact) mass is 154 g/mol. The van der Waals surface area contributed by atoms with E-state index in [1.54, 1.807) is 37.3 Å². The fourth-order valence-corrected chi connectivity index (χ4v) is 0.898. The number of hydrogen-bond acceptors (Lipinski definition) is 1. The van der Waals surface area contributed by atoms with Gasteiger partial charge >= 0.3 is 0 Å². The third-order valence-electron chi connectivity index (χ3n) is 1.68. The van der Waals surface area contributed by atoms with Gasteiger partial charge in [0.15, 0.2) is 0 Å². The lowest BCUT2D eigenvalue weighted by Gasteiger charge is -2.16. The van der Waals surface area contributed by atoms with Crippen molar-refractivity contribution in [2.24, 2.45) is 0 Å². The molecule has 0 aromatic heterocycles. The third kappa shape index (κ3) is 1.77. The van der Waals surface area contributed by atoms with Crippen LogP contribution in [0, 0.1) is 0 Å². The van der Waals surface area contributed by atoms with E-state index in [-0.39, 0.29) is 6.42 Å². The summed E-state index contributed by atoms with van der Waals surface area (Å²) >= 11 is 0. The van der Waals surface area contributed by atoms with E-state index in [9.17, 15) is 4.39 Å². The summed E-state index contributed by atoms with van der Waals surface area (Å²) < 4.78 is 13.1. The number of benzene rings is 1. The van der Waals surface area contributed by atoms with Crippen LogP contribution in [0.5, 0.6) is 0 Å². The van der Waals surface area contributed by atoms with Gasteiger partial charge in [0.05, 0.1) is 0 Å². The fourth-order valence-electron chi connectivity index (χ4n) is 0.898. The summed E-state index contributed by atoms with van der Waals surface area (Å²) in [6.45, 7) is 1.60. The topological polar surface area (TPSA) is 20.2 Å². The van der Waals surface area contributed by atoms with Crippen LogP contribution >= 0.6 is 0 Å². The predicted octanol–water partition coefficient (Wildman–Crippen LogP) is 2.21. The zero-order valence-corrected chi connectivity index (χ0v) is 6.42. The molecule has 0 saturated carbocycles. The van der Waals surface area contributed by atoms with Crippen LogP contribution in [0.15, 0.2) is 30.3 Å². The van der Waals surface area contributed by atoms with E-state index in [0.717, 1.165) is 0 Å². The average Bonchev–Trinajstić information content (AvgIpc) is 2.06. The standard InChI is InChI=1S/C9H11FO/c1-2-9(10,11)8-6-4-3-5-7-8/h3-7,11H,2H2,1H3. The van der Waals surface area contributed by atoms with Gasteiger partial charge in [0.25, 0.3) is 0 Å². The van der Waals surface area contributed by atoms with E-state index in [1.807, 2.05) is 0 Å². The maximum absolute atomic E-state index is 13.1. The first-order chi connectivity index (χ1) is 5.17. The van der Waals surface area contributed by atoms with E-state index in [1.165, 1.54) is 0 Å². The normalized spacial score (nSPS) is 15.9. The first-order valence-electron chi connectivity index (χ1n) is 3.63. The second kappa shape index (κ2) is 3.01. The lowest BCUT2D eigenvalue weighted by atomic mass is 10.1. The summed E-state index contributed by atoms with van der Waals surface area (Å²) in [5, 5.41) is 9.13. The Hall–Kier alpha value is -0.890. The van der Waals surface area contributed by atoms with Crippen molar-refractivity contribution in [3.63, 3.8) is 0 Å². The number of aliphatic hydroxyl groups is 1. The van der Waals surface area contributed by atoms with Crippen molar-refractivity contribution in [2.45, 2.75) is 19.2 Å². The first-order valence-corrected chi connectivity index (χ1v) is 3.63. The molecular formula is C9H11FO. The molecule has 0 fully saturated rings. The van der Waals surface area contributed by atoms with Gasteiger partial charge in [-0.25, -0.2) is 4.39 Å². The molecule has 0 spiro atoms. The van der Waals surface area contributed by atoms with E-state index in [4.69, 9.17) is 5.11 Å². The molecule has 2 heteroatoms. The third-order valence-corrected chi connectivity index (χ3v) is 1.68. The van der Waals surface area contributed by atoms with Crippen LogP contribution in [0.2, 0.25) is 0 Å². The van der Waals surface area contributed by atoms with E-state index in [2.05, 4.69) is 0 Å². The fraction of sp³-hybridized carbons (Fsp3) is 0.333. The molecule has 0 amide bonds. The minimum Gasteiger partial charge on any atom is -0.358 e. The zero-order chi connectivity index (χ0) is 8.32. The van der Waals surface area contributed by atoms with E-state index >= 15 is 0 Å². The summed E-state index contributed by atoms with van der Waals surface area (Å²) in [7, 11) is 0. The summed E-state index contributed by atoms with van der Waals surface area (Å²) in [4.78, 5) is 0. The van der Waals surface area contributed by atoms with E-state index < -0.39 is 5.85 Å². The van der Waals surface area contributed by atoms with Gasteiger partial charge in [-0.05, 0) is 0 Å². The maximum Gasteiger partial charge on any atom is 0.232 e. The van der Waals surface area contributed by atoms with Crippen LogP contribution in [0.25, 0.3) is 0 Å². The van der Waals surface area contributed by atoms with Gasteiger partial charge in [-0.15, -0.1) is 0 Å². The Balaban J connectivity index is 2.93. The van der Waals surface area contributed by atoms with Crippen molar-refractivity contribution in [1.82, 2.24) is 0 Å². The van der Waals surface area contributed by atoms with Crippen LogP contribution in [0.3, 0.4) is 0 Å². The number of hydrogen-bond donors (Lipinski definition) is 1. The molecule has 0 saturated heterocycles. The molecule has 0 aliphatic carbocycles. The van der Waals surface area contributed by atoms with Gasteiger partial charge in [-0.2, -0.15) is 0 Å². The highest BCUT2D eigenvalue weighted by Gasteiger charge is 2.24. The zero-order valence-electron chi connectivity index (χ0n) is 6.42. The van der Waals surface area contributed by atoms with Crippen molar-refractivity contribution >= 4 is 0 Å². The summed E-state index contributed by atoms with van der Waals surface area (Å²) in [6.07, 6.45) is 0.0804. The summed E-state index contributed by atoms with van der Waals surface area (Å²) in [5.74, 6) is -2.17. The molecular weight excluding hydrogens is 143 g/mol. The summed E-state index contributed by atoms with van der Waals surface area (Å²) in [6, 6.07) is 8.34. The van der Waals surface area contributed by atoms with Gasteiger partial charge in [-0.1, -0.05) is 37.3 Å². The van der Waals surface area contributed by atoms with Gasteiger partial charge in [0.2, 0.25) is 5.85 Å². The Labute approximate surface area is 65.5 Å². The van der Waals surface area contributed by atoms with Gasteiger partial charge in [0, 0.05) is 12.0 Å². The van der Waals surface area contributed by atoms with Crippen molar-refractivity contribution in [1.29, 1.82) is 0 Å². The Morgan fingerprint density at radius 2 is 1.91 bits per heavy atom. The molecule has 1 aromatic carbocycles. The van der Waals surface area contributed by atoms with Crippen molar-refractivity contribution in [2.75, 3.05) is 0 Å². The minimum atomic E-state index is -2.17. The molecule has 0 bridgehead atoms. The van der Waals surface area contributed by atoms with Crippen molar-refractivity contribution in [3.05, 3.63) is 35.9 Å². The molecule has 0 aliphatic rings. The van der Waals surface area contributed by atoms with Crippen LogP contribution < -0.4 is 0 Å². The molecule has 60 valence electrons. The quantitative estimate of drug-likeness (QED) is 0.692. The smallest absolute Gasteiger partial charge is 0.232 e. The van der Waals surface area contributed by atoms with Gasteiger partial charge in [-0.3, -0.25) is 0 Å². The lowest BCUT2D eigenvalue weighted by molar-refractivity contribution is -0.0980. The molecule has 1 rings (SSSR count). The minimum absolute atomic E-state index is 0.0804. The summed E-state index contributed by atoms with van der Waals surface area (Å²) in [5.41, 5.74) is 0.322. The van der Waals surface area contributed by atoms with Crippen LogP contribution in [0.4, 0.5) is 4.39 Å². The number of alkyl halides is 1. The van der Waals surface area contributed by atoms with Crippen molar-refractivity contribution in [3.8, 4) is 0 Å². The molecule has 1 nitrogen and oxygen atoms in total. The predicted molar refractivity (Wildman–Crippen MR) is 41.7 cm³/mol. The van der Waals surface area contributed by atoms with Gasteiger partial charge in [0.1, 0.15) is 0 Å². The Kier molecular flexibility index (Phi) is 2.25. The Morgan fingerprint density at radius 1 is 1.36 bits per heavy atom. The molecule has 0 aliphatic heterocycles. The van der Waals surface area contributed by atoms with Crippen LogP contribution in [-0.2, 0) is 5.85 Å². The number of halogens is 1. The Morgan fingerprint density at radius 3 is 2.36 bits per heavy atom.